The van der Waals surface area contributed by atoms with Crippen LogP contribution in [0, 0.1) is 11.3 Å². The molecule has 4 heteroatoms. The molecule has 3 rings (SSSR count). The number of carbonyl (C=O) groups is 1. The number of nitrogens with one attached hydrogen (secondary N) is 1. The monoisotopic (exact) mass is 227 g/mol. The number of ether oxygens (including phenoxy) is 1. The molecule has 3 aliphatic heterocycles. The Morgan fingerprint density at radius 3 is 2.60 bits per heavy atom. The fourth-order valence-electron chi connectivity index (χ4n) is 3.32. The topological polar surface area (TPSA) is 38.3 Å². The second kappa shape index (κ2) is 3.14. The maximum absolute atomic E-state index is 11.9. The van der Waals surface area contributed by atoms with E-state index in [0.717, 1.165) is 37.6 Å². The van der Waals surface area contributed by atoms with Crippen molar-refractivity contribution < 1.29 is 9.53 Å². The molecule has 1 N–H and O–H groups in total. The lowest BCUT2D eigenvalue weighted by atomic mass is 9.64. The third-order valence-electron chi connectivity index (χ3n) is 4.60. The van der Waals surface area contributed by atoms with Crippen LogP contribution < -0.4 is 5.32 Å². The largest absolute Gasteiger partial charge is 0.381 e. The van der Waals surface area contributed by atoms with Crippen LogP contribution in [0.4, 0.5) is 0 Å². The van der Waals surface area contributed by atoms with Gasteiger partial charge in [-0.25, -0.2) is 0 Å². The van der Waals surface area contributed by atoms with Crippen molar-refractivity contribution in [3.63, 3.8) is 0 Å². The molecule has 0 bridgehead atoms. The summed E-state index contributed by atoms with van der Waals surface area (Å²) in [6.07, 6.45) is 2.01. The molecule has 0 saturated carbocycles. The zero-order chi connectivity index (χ0) is 10.5. The van der Waals surface area contributed by atoms with E-state index in [2.05, 4.69) is 12.2 Å². The first-order valence-corrected chi connectivity index (χ1v) is 6.83. The maximum Gasteiger partial charge on any atom is 0.223 e. The van der Waals surface area contributed by atoms with Crippen LogP contribution in [0.15, 0.2) is 0 Å². The lowest BCUT2D eigenvalue weighted by Gasteiger charge is -2.53. The SMILES string of the molecule is CC1C(=O)NC2(CCOCC2)C12CSC2. The van der Waals surface area contributed by atoms with E-state index < -0.39 is 0 Å². The first-order valence-electron chi connectivity index (χ1n) is 5.68. The molecule has 15 heavy (non-hydrogen) atoms. The molecule has 0 aromatic rings. The zero-order valence-corrected chi connectivity index (χ0v) is 9.86. The number of carbonyl (C=O) groups excluding carboxylic acids is 1. The van der Waals surface area contributed by atoms with Gasteiger partial charge in [0.1, 0.15) is 0 Å². The fourth-order valence-corrected chi connectivity index (χ4v) is 5.02. The van der Waals surface area contributed by atoms with Crippen LogP contribution >= 0.6 is 11.8 Å². The quantitative estimate of drug-likeness (QED) is 0.672. The van der Waals surface area contributed by atoms with Crippen LogP contribution in [0.25, 0.3) is 0 Å². The van der Waals surface area contributed by atoms with Crippen molar-refractivity contribution in [3.05, 3.63) is 0 Å². The Bertz CT molecular complexity index is 295. The van der Waals surface area contributed by atoms with E-state index in [4.69, 9.17) is 4.74 Å². The minimum atomic E-state index is 0.0625. The number of fused-ring (bicyclic) bond motifs is 1. The van der Waals surface area contributed by atoms with E-state index in [0.29, 0.717) is 0 Å². The smallest absolute Gasteiger partial charge is 0.223 e. The molecule has 3 heterocycles. The summed E-state index contributed by atoms with van der Waals surface area (Å²) in [4.78, 5) is 11.9. The number of rotatable bonds is 0. The average molecular weight is 227 g/mol. The van der Waals surface area contributed by atoms with E-state index in [9.17, 15) is 4.79 Å². The Hall–Kier alpha value is -0.220. The summed E-state index contributed by atoms with van der Waals surface area (Å²) in [5.41, 5.74) is 0.297. The number of thioether (sulfide) groups is 1. The molecular weight excluding hydrogens is 210 g/mol. The van der Waals surface area contributed by atoms with Gasteiger partial charge >= 0.3 is 0 Å². The molecule has 1 atom stereocenters. The number of amides is 1. The molecule has 0 aromatic heterocycles. The number of hydrogen-bond acceptors (Lipinski definition) is 3. The normalized spacial score (nSPS) is 36.6. The molecule has 1 amide bonds. The third-order valence-corrected chi connectivity index (χ3v) is 6.04. The first kappa shape index (κ1) is 9.97. The molecular formula is C11H17NO2S. The van der Waals surface area contributed by atoms with Gasteiger partial charge in [-0.2, -0.15) is 11.8 Å². The van der Waals surface area contributed by atoms with Crippen molar-refractivity contribution in [3.8, 4) is 0 Å². The second-order valence-electron chi connectivity index (χ2n) is 5.05. The van der Waals surface area contributed by atoms with E-state index in [-0.39, 0.29) is 22.8 Å². The van der Waals surface area contributed by atoms with Gasteiger partial charge in [0.15, 0.2) is 0 Å². The molecule has 2 spiro atoms. The van der Waals surface area contributed by atoms with Crippen LogP contribution in [0.3, 0.4) is 0 Å². The standard InChI is InChI=1S/C11H17NO2S/c1-8-9(13)12-11(2-4-14-5-3-11)10(8)6-15-7-10/h8H,2-7H2,1H3,(H,12,13). The van der Waals surface area contributed by atoms with Gasteiger partial charge in [0.2, 0.25) is 5.91 Å². The fraction of sp³-hybridized carbons (Fsp3) is 0.909. The van der Waals surface area contributed by atoms with E-state index in [1.54, 1.807) is 0 Å². The molecule has 1 unspecified atom stereocenters. The number of hydrogen-bond donors (Lipinski definition) is 1. The molecule has 0 aromatic carbocycles. The molecule has 84 valence electrons. The van der Waals surface area contributed by atoms with Gasteiger partial charge in [-0.1, -0.05) is 6.92 Å². The van der Waals surface area contributed by atoms with E-state index in [1.165, 1.54) is 0 Å². The maximum atomic E-state index is 11.9. The highest BCUT2D eigenvalue weighted by Crippen LogP contribution is 2.58. The summed E-state index contributed by atoms with van der Waals surface area (Å²) in [6, 6.07) is 0. The summed E-state index contributed by atoms with van der Waals surface area (Å²) < 4.78 is 5.43. The lowest BCUT2D eigenvalue weighted by molar-refractivity contribution is -0.123. The van der Waals surface area contributed by atoms with Gasteiger partial charge in [-0.3, -0.25) is 4.79 Å². The Labute approximate surface area is 94.3 Å². The Balaban J connectivity index is 1.96. The molecule has 3 fully saturated rings. The summed E-state index contributed by atoms with van der Waals surface area (Å²) in [5.74, 6) is 2.74. The Morgan fingerprint density at radius 1 is 1.40 bits per heavy atom. The summed E-state index contributed by atoms with van der Waals surface area (Å²) in [7, 11) is 0. The van der Waals surface area contributed by atoms with Crippen LogP contribution in [-0.4, -0.2) is 36.2 Å². The van der Waals surface area contributed by atoms with Crippen LogP contribution in [-0.2, 0) is 9.53 Å². The Kier molecular flexibility index (Phi) is 2.09. The molecule has 0 radical (unpaired) electrons. The Morgan fingerprint density at radius 2 is 2.07 bits per heavy atom. The van der Waals surface area contributed by atoms with Gasteiger partial charge in [0.25, 0.3) is 0 Å². The van der Waals surface area contributed by atoms with E-state index in [1.807, 2.05) is 11.8 Å². The van der Waals surface area contributed by atoms with Gasteiger partial charge in [-0.05, 0) is 12.8 Å². The van der Waals surface area contributed by atoms with Crippen molar-refractivity contribution in [2.24, 2.45) is 11.3 Å². The van der Waals surface area contributed by atoms with Crippen LogP contribution in [0.1, 0.15) is 19.8 Å². The first-order chi connectivity index (χ1) is 7.20. The summed E-state index contributed by atoms with van der Waals surface area (Å²) in [6.45, 7) is 3.71. The van der Waals surface area contributed by atoms with Crippen molar-refractivity contribution in [2.45, 2.75) is 25.3 Å². The molecule has 3 saturated heterocycles. The van der Waals surface area contributed by atoms with Crippen molar-refractivity contribution in [1.29, 1.82) is 0 Å². The highest BCUT2D eigenvalue weighted by Gasteiger charge is 2.65. The van der Waals surface area contributed by atoms with Gasteiger partial charge in [0.05, 0.1) is 5.54 Å². The zero-order valence-electron chi connectivity index (χ0n) is 9.04. The predicted octanol–water partition coefficient (Wildman–Crippen LogP) is 1.03. The minimum Gasteiger partial charge on any atom is -0.381 e. The lowest BCUT2D eigenvalue weighted by Crippen LogP contribution is -2.61. The summed E-state index contributed by atoms with van der Waals surface area (Å²) >= 11 is 1.97. The van der Waals surface area contributed by atoms with Crippen LogP contribution in [0.2, 0.25) is 0 Å². The van der Waals surface area contributed by atoms with Gasteiger partial charge < -0.3 is 10.1 Å². The highest BCUT2D eigenvalue weighted by atomic mass is 32.2. The van der Waals surface area contributed by atoms with Crippen molar-refractivity contribution in [2.75, 3.05) is 24.7 Å². The van der Waals surface area contributed by atoms with Gasteiger partial charge in [-0.15, -0.1) is 0 Å². The molecule has 3 aliphatic rings. The van der Waals surface area contributed by atoms with Crippen molar-refractivity contribution >= 4 is 17.7 Å². The van der Waals surface area contributed by atoms with E-state index >= 15 is 0 Å². The average Bonchev–Trinajstić information content (AvgIpc) is 2.36. The van der Waals surface area contributed by atoms with Crippen molar-refractivity contribution in [1.82, 2.24) is 5.32 Å². The predicted molar refractivity (Wildman–Crippen MR) is 59.8 cm³/mol. The van der Waals surface area contributed by atoms with Crippen LogP contribution in [0.5, 0.6) is 0 Å². The minimum absolute atomic E-state index is 0.0625. The second-order valence-corrected chi connectivity index (χ2v) is 6.04. The molecule has 0 aliphatic carbocycles. The highest BCUT2D eigenvalue weighted by molar-refractivity contribution is 8.00. The van der Waals surface area contributed by atoms with Gasteiger partial charge in [0, 0.05) is 36.1 Å². The summed E-state index contributed by atoms with van der Waals surface area (Å²) in [5, 5.41) is 3.28. The third kappa shape index (κ3) is 1.10. The molecule has 3 nitrogen and oxygen atoms in total.